The Morgan fingerprint density at radius 2 is 0.727 bits per heavy atom. The molecule has 0 saturated heterocycles. The summed E-state index contributed by atoms with van der Waals surface area (Å²) in [5.74, 6) is 0. The van der Waals surface area contributed by atoms with Crippen LogP contribution in [-0.2, 0) is 0 Å². The van der Waals surface area contributed by atoms with Crippen molar-refractivity contribution >= 4 is 64.7 Å². The Morgan fingerprint density at radius 1 is 0.364 bits per heavy atom. The largest absolute Gasteiger partial charge is 0.0622 e. The summed E-state index contributed by atoms with van der Waals surface area (Å²) >= 11 is 0. The van der Waals surface area contributed by atoms with Gasteiger partial charge in [0.1, 0.15) is 0 Å². The molecule has 2 unspecified atom stereocenters. The van der Waals surface area contributed by atoms with Gasteiger partial charge in [-0.2, -0.15) is 0 Å². The Labute approximate surface area is 261 Å². The SMILES string of the molecule is C(=C1P(c2ccccc2)C(c2ccccc2)=C(c2ccccc2)P1c1ccccc1)c1c2ccccc2cc2ccccc12. The molecular formula is C42H30P2. The summed E-state index contributed by atoms with van der Waals surface area (Å²) in [6.07, 6.45) is 2.60. The van der Waals surface area contributed by atoms with Gasteiger partial charge in [0.05, 0.1) is 0 Å². The molecule has 0 aliphatic carbocycles. The summed E-state index contributed by atoms with van der Waals surface area (Å²) in [5, 5.41) is 12.4. The van der Waals surface area contributed by atoms with Crippen molar-refractivity contribution in [3.8, 4) is 0 Å². The van der Waals surface area contributed by atoms with Crippen LogP contribution in [0.25, 0.3) is 38.2 Å². The summed E-state index contributed by atoms with van der Waals surface area (Å²) in [6.45, 7) is 0. The predicted molar refractivity (Wildman–Crippen MR) is 195 cm³/mol. The first-order valence-corrected chi connectivity index (χ1v) is 17.7. The lowest BCUT2D eigenvalue weighted by Crippen LogP contribution is -2.03. The summed E-state index contributed by atoms with van der Waals surface area (Å²) < 4.78 is 0. The average molecular weight is 597 g/mol. The van der Waals surface area contributed by atoms with Crippen LogP contribution >= 0.6 is 15.8 Å². The molecule has 8 rings (SSSR count). The van der Waals surface area contributed by atoms with Gasteiger partial charge in [-0.25, -0.2) is 0 Å². The molecule has 1 heterocycles. The fourth-order valence-electron chi connectivity index (χ4n) is 6.40. The van der Waals surface area contributed by atoms with Crippen LogP contribution in [0.2, 0.25) is 0 Å². The van der Waals surface area contributed by atoms with E-state index in [1.54, 1.807) is 0 Å². The highest BCUT2D eigenvalue weighted by atomic mass is 31.2. The number of benzene rings is 7. The van der Waals surface area contributed by atoms with E-state index in [2.05, 4.69) is 182 Å². The maximum atomic E-state index is 2.60. The van der Waals surface area contributed by atoms with Gasteiger partial charge >= 0.3 is 0 Å². The van der Waals surface area contributed by atoms with Crippen LogP contribution in [-0.4, -0.2) is 0 Å². The molecule has 0 saturated carbocycles. The third-order valence-corrected chi connectivity index (χ3v) is 14.4. The van der Waals surface area contributed by atoms with Gasteiger partial charge in [-0.15, -0.1) is 0 Å². The fourth-order valence-corrected chi connectivity index (χ4v) is 13.6. The lowest BCUT2D eigenvalue weighted by Gasteiger charge is -2.23. The first-order chi connectivity index (χ1) is 21.9. The normalized spacial score (nSPS) is 16.5. The van der Waals surface area contributed by atoms with E-state index in [-0.39, 0.29) is 0 Å². The van der Waals surface area contributed by atoms with Crippen molar-refractivity contribution in [2.24, 2.45) is 0 Å². The summed E-state index contributed by atoms with van der Waals surface area (Å²) in [6, 6.07) is 64.8. The van der Waals surface area contributed by atoms with E-state index >= 15 is 0 Å². The van der Waals surface area contributed by atoms with Gasteiger partial charge < -0.3 is 0 Å². The molecule has 0 bridgehead atoms. The Morgan fingerprint density at radius 3 is 1.16 bits per heavy atom. The fraction of sp³-hybridized carbons (Fsp3) is 0. The van der Waals surface area contributed by atoms with E-state index in [4.69, 9.17) is 0 Å². The lowest BCUT2D eigenvalue weighted by molar-refractivity contribution is 1.63. The van der Waals surface area contributed by atoms with Gasteiger partial charge in [-0.05, 0) is 81.9 Å². The van der Waals surface area contributed by atoms with Crippen LogP contribution in [0.1, 0.15) is 16.7 Å². The van der Waals surface area contributed by atoms with Crippen LogP contribution < -0.4 is 10.6 Å². The van der Waals surface area contributed by atoms with E-state index in [1.165, 1.54) is 64.5 Å². The molecule has 44 heavy (non-hydrogen) atoms. The molecule has 0 N–H and O–H groups in total. The molecule has 0 amide bonds. The molecule has 2 heteroatoms. The van der Waals surface area contributed by atoms with Crippen LogP contribution in [0.4, 0.5) is 0 Å². The topological polar surface area (TPSA) is 0 Å². The van der Waals surface area contributed by atoms with Gasteiger partial charge in [-0.3, -0.25) is 0 Å². The van der Waals surface area contributed by atoms with Crippen LogP contribution in [0.3, 0.4) is 0 Å². The highest BCUT2D eigenvalue weighted by Crippen LogP contribution is 2.81. The second-order valence-corrected chi connectivity index (χ2v) is 15.6. The highest BCUT2D eigenvalue weighted by molar-refractivity contribution is 8.02. The smallest absolute Gasteiger partial charge is 0.00116 e. The second kappa shape index (κ2) is 11.8. The minimum atomic E-state index is -0.834. The molecule has 0 radical (unpaired) electrons. The van der Waals surface area contributed by atoms with E-state index in [1.807, 2.05) is 0 Å². The van der Waals surface area contributed by atoms with E-state index < -0.39 is 15.8 Å². The summed E-state index contributed by atoms with van der Waals surface area (Å²) in [4.78, 5) is 0. The third kappa shape index (κ3) is 4.82. The number of fused-ring (bicyclic) bond motifs is 2. The first kappa shape index (κ1) is 27.0. The zero-order chi connectivity index (χ0) is 29.3. The quantitative estimate of drug-likeness (QED) is 0.137. The predicted octanol–water partition coefficient (Wildman–Crippen LogP) is 11.4. The van der Waals surface area contributed by atoms with Crippen molar-refractivity contribution < 1.29 is 0 Å². The van der Waals surface area contributed by atoms with Crippen molar-refractivity contribution in [3.05, 3.63) is 198 Å². The number of rotatable bonds is 5. The molecule has 208 valence electrons. The Bertz CT molecular complexity index is 2000. The molecule has 7 aromatic rings. The maximum Gasteiger partial charge on any atom is 0.00116 e. The Hall–Kier alpha value is -4.60. The Kier molecular flexibility index (Phi) is 7.25. The Balaban J connectivity index is 1.52. The van der Waals surface area contributed by atoms with Crippen LogP contribution in [0, 0.1) is 0 Å². The molecule has 7 aromatic carbocycles. The molecule has 0 aromatic heterocycles. The monoisotopic (exact) mass is 596 g/mol. The third-order valence-electron chi connectivity index (χ3n) is 8.34. The number of hydrogen-bond donors (Lipinski definition) is 0. The lowest BCUT2D eigenvalue weighted by atomic mass is 9.97. The van der Waals surface area contributed by atoms with Gasteiger partial charge in [-0.1, -0.05) is 170 Å². The van der Waals surface area contributed by atoms with Crippen molar-refractivity contribution in [1.82, 2.24) is 0 Å². The second-order valence-electron chi connectivity index (χ2n) is 11.0. The van der Waals surface area contributed by atoms with E-state index in [9.17, 15) is 0 Å². The van der Waals surface area contributed by atoms with Crippen molar-refractivity contribution in [3.63, 3.8) is 0 Å². The van der Waals surface area contributed by atoms with Gasteiger partial charge in [0, 0.05) is 10.6 Å². The molecule has 0 spiro atoms. The van der Waals surface area contributed by atoms with Crippen molar-refractivity contribution in [2.75, 3.05) is 0 Å². The average Bonchev–Trinajstić information content (AvgIpc) is 3.44. The van der Waals surface area contributed by atoms with Gasteiger partial charge in [0.2, 0.25) is 0 Å². The molecule has 1 aliphatic heterocycles. The standard InChI is InChI=1S/C42H30P2/c1-5-17-31(18-6-1)41-42(32-19-7-2-8-20-32)44(36-25-11-4-12-26-36)40(43(41)35-23-9-3-10-24-35)30-39-37-27-15-13-21-33(37)29-34-22-14-16-28-38(34)39/h1-30H. The minimum absolute atomic E-state index is 0.834. The van der Waals surface area contributed by atoms with Crippen molar-refractivity contribution in [1.29, 1.82) is 0 Å². The van der Waals surface area contributed by atoms with Crippen LogP contribution in [0.5, 0.6) is 0 Å². The molecular weight excluding hydrogens is 566 g/mol. The van der Waals surface area contributed by atoms with Gasteiger partial charge in [0.25, 0.3) is 0 Å². The van der Waals surface area contributed by atoms with E-state index in [0.717, 1.165) is 0 Å². The summed E-state index contributed by atoms with van der Waals surface area (Å²) in [7, 11) is -1.67. The molecule has 0 nitrogen and oxygen atoms in total. The molecule has 2 atom stereocenters. The maximum absolute atomic E-state index is 2.60. The zero-order valence-corrected chi connectivity index (χ0v) is 26.0. The van der Waals surface area contributed by atoms with Crippen LogP contribution in [0.15, 0.2) is 181 Å². The first-order valence-electron chi connectivity index (χ1n) is 15.0. The molecule has 1 aliphatic rings. The molecule has 0 fully saturated rings. The summed E-state index contributed by atoms with van der Waals surface area (Å²) in [5.41, 5.74) is 3.95. The minimum Gasteiger partial charge on any atom is -0.0622 e. The number of hydrogen-bond acceptors (Lipinski definition) is 0. The van der Waals surface area contributed by atoms with Crippen molar-refractivity contribution in [2.45, 2.75) is 0 Å². The van der Waals surface area contributed by atoms with E-state index in [0.29, 0.717) is 0 Å². The van der Waals surface area contributed by atoms with Gasteiger partial charge in [0.15, 0.2) is 0 Å². The zero-order valence-electron chi connectivity index (χ0n) is 24.2. The highest BCUT2D eigenvalue weighted by Gasteiger charge is 2.41.